The molecule has 0 saturated heterocycles. The maximum atomic E-state index is 12.2. The molecule has 1 aromatic heterocycles. The number of carbonyl (C=O) groups excluding carboxylic acids is 1. The normalized spacial score (nSPS) is 11.8. The van der Waals surface area contributed by atoms with Crippen LogP contribution in [-0.4, -0.2) is 53.9 Å². The molecule has 0 saturated carbocycles. The van der Waals surface area contributed by atoms with E-state index in [0.29, 0.717) is 0 Å². The van der Waals surface area contributed by atoms with Gasteiger partial charge < -0.3 is 4.74 Å². The molecule has 0 amide bonds. The van der Waals surface area contributed by atoms with Crippen LogP contribution in [0, 0.1) is 0 Å². The summed E-state index contributed by atoms with van der Waals surface area (Å²) in [6.07, 6.45) is -0.00747. The Morgan fingerprint density at radius 3 is 2.63 bits per heavy atom. The van der Waals surface area contributed by atoms with Crippen molar-refractivity contribution in [3.63, 3.8) is 0 Å². The average molecular weight is 355 g/mol. The van der Waals surface area contributed by atoms with Crippen LogP contribution < -0.4 is 0 Å². The molecule has 0 aliphatic rings. The Hall–Kier alpha value is -1.00. The van der Waals surface area contributed by atoms with Gasteiger partial charge in [-0.1, -0.05) is 5.21 Å². The first kappa shape index (κ1) is 16.1. The largest absolute Gasteiger partial charge is 0.466 e. The van der Waals surface area contributed by atoms with Crippen LogP contribution in [0.4, 0.5) is 0 Å². The summed E-state index contributed by atoms with van der Waals surface area (Å²) < 4.78 is 31.6. The predicted molar refractivity (Wildman–Crippen MR) is 69.8 cm³/mol. The van der Waals surface area contributed by atoms with Crippen LogP contribution in [0.3, 0.4) is 0 Å². The van der Waals surface area contributed by atoms with Crippen LogP contribution >= 0.6 is 15.9 Å². The highest BCUT2D eigenvalue weighted by molar-refractivity contribution is 9.10. The van der Waals surface area contributed by atoms with Gasteiger partial charge in [0.1, 0.15) is 0 Å². The SMILES string of the molecule is CCOC(=O)CCN(C)S(=O)(=O)c1c(Br)nnn1C. The van der Waals surface area contributed by atoms with E-state index in [4.69, 9.17) is 4.74 Å². The molecule has 10 heteroatoms. The van der Waals surface area contributed by atoms with E-state index in [1.807, 2.05) is 0 Å². The summed E-state index contributed by atoms with van der Waals surface area (Å²) in [6.45, 7) is 1.99. The van der Waals surface area contributed by atoms with Gasteiger partial charge in [-0.3, -0.25) is 4.79 Å². The Morgan fingerprint density at radius 1 is 1.53 bits per heavy atom. The van der Waals surface area contributed by atoms with E-state index in [-0.39, 0.29) is 29.2 Å². The minimum atomic E-state index is -3.75. The lowest BCUT2D eigenvalue weighted by Crippen LogP contribution is -2.31. The zero-order valence-electron chi connectivity index (χ0n) is 10.8. The molecule has 1 aromatic rings. The first-order chi connectivity index (χ1) is 8.80. The van der Waals surface area contributed by atoms with Crippen molar-refractivity contribution < 1.29 is 17.9 Å². The number of hydrogen-bond donors (Lipinski definition) is 0. The number of sulfonamides is 1. The molecule has 0 aliphatic carbocycles. The molecule has 8 nitrogen and oxygen atoms in total. The molecule has 0 unspecified atom stereocenters. The summed E-state index contributed by atoms with van der Waals surface area (Å²) in [5.74, 6) is -0.438. The first-order valence-electron chi connectivity index (χ1n) is 5.47. The van der Waals surface area contributed by atoms with Crippen molar-refractivity contribution in [3.8, 4) is 0 Å². The number of nitrogens with zero attached hydrogens (tertiary/aromatic N) is 4. The summed E-state index contributed by atoms with van der Waals surface area (Å²) in [5, 5.41) is 7.18. The molecule has 0 radical (unpaired) electrons. The fourth-order valence-corrected chi connectivity index (χ4v) is 3.54. The van der Waals surface area contributed by atoms with E-state index in [1.54, 1.807) is 6.92 Å². The van der Waals surface area contributed by atoms with Crippen molar-refractivity contribution in [2.24, 2.45) is 7.05 Å². The molecule has 1 rings (SSSR count). The molecule has 0 fully saturated rings. The third-order valence-corrected chi connectivity index (χ3v) is 5.07. The maximum absolute atomic E-state index is 12.2. The van der Waals surface area contributed by atoms with Gasteiger partial charge in [0, 0.05) is 20.6 Å². The Bertz CT molecular complexity index is 537. The van der Waals surface area contributed by atoms with Crippen LogP contribution in [0.25, 0.3) is 0 Å². The molecule has 1 heterocycles. The molecule has 19 heavy (non-hydrogen) atoms. The standard InChI is InChI=1S/C9H15BrN4O4S/c1-4-18-7(15)5-6-13(2)19(16,17)9-8(10)11-12-14(9)3/h4-6H2,1-3H3. The van der Waals surface area contributed by atoms with Crippen molar-refractivity contribution in [2.45, 2.75) is 18.4 Å². The van der Waals surface area contributed by atoms with Gasteiger partial charge in [-0.2, -0.15) is 4.31 Å². The number of halogens is 1. The number of esters is 1. The van der Waals surface area contributed by atoms with E-state index in [9.17, 15) is 13.2 Å². The number of aromatic nitrogens is 3. The van der Waals surface area contributed by atoms with Gasteiger partial charge in [-0.25, -0.2) is 13.1 Å². The van der Waals surface area contributed by atoms with E-state index >= 15 is 0 Å². The molecule has 0 atom stereocenters. The van der Waals surface area contributed by atoms with Crippen molar-refractivity contribution in [3.05, 3.63) is 4.60 Å². The van der Waals surface area contributed by atoms with Crippen LogP contribution in [0.2, 0.25) is 0 Å². The Morgan fingerprint density at radius 2 is 2.16 bits per heavy atom. The fourth-order valence-electron chi connectivity index (χ4n) is 1.35. The van der Waals surface area contributed by atoms with Gasteiger partial charge >= 0.3 is 5.97 Å². The maximum Gasteiger partial charge on any atom is 0.307 e. The zero-order chi connectivity index (χ0) is 14.6. The average Bonchev–Trinajstić information content (AvgIpc) is 2.66. The third-order valence-electron chi connectivity index (χ3n) is 2.33. The summed E-state index contributed by atoms with van der Waals surface area (Å²) in [6, 6.07) is 0. The second kappa shape index (κ2) is 6.44. The van der Waals surface area contributed by atoms with Gasteiger partial charge in [0.2, 0.25) is 5.03 Å². The fraction of sp³-hybridized carbons (Fsp3) is 0.667. The van der Waals surface area contributed by atoms with Crippen molar-refractivity contribution >= 4 is 31.9 Å². The van der Waals surface area contributed by atoms with Crippen LogP contribution in [0.1, 0.15) is 13.3 Å². The van der Waals surface area contributed by atoms with Crippen LogP contribution in [-0.2, 0) is 26.6 Å². The minimum Gasteiger partial charge on any atom is -0.466 e. The van der Waals surface area contributed by atoms with Crippen LogP contribution in [0.15, 0.2) is 9.63 Å². The lowest BCUT2D eigenvalue weighted by atomic mass is 10.4. The Balaban J connectivity index is 2.81. The molecule has 0 aliphatic heterocycles. The van der Waals surface area contributed by atoms with E-state index in [0.717, 1.165) is 8.99 Å². The van der Waals surface area contributed by atoms with Crippen molar-refractivity contribution in [1.82, 2.24) is 19.3 Å². The second-order valence-electron chi connectivity index (χ2n) is 3.69. The first-order valence-corrected chi connectivity index (χ1v) is 7.71. The molecule has 0 N–H and O–H groups in total. The predicted octanol–water partition coefficient (Wildman–Crippen LogP) is 0.151. The van der Waals surface area contributed by atoms with Crippen molar-refractivity contribution in [1.29, 1.82) is 0 Å². The minimum absolute atomic E-state index is 0.00747. The van der Waals surface area contributed by atoms with Gasteiger partial charge in [-0.15, -0.1) is 5.10 Å². The number of carbonyl (C=O) groups is 1. The molecule has 0 bridgehead atoms. The molecule has 0 aromatic carbocycles. The quantitative estimate of drug-likeness (QED) is 0.675. The lowest BCUT2D eigenvalue weighted by molar-refractivity contribution is -0.143. The highest BCUT2D eigenvalue weighted by atomic mass is 79.9. The van der Waals surface area contributed by atoms with Gasteiger partial charge in [0.15, 0.2) is 4.60 Å². The number of rotatable bonds is 6. The van der Waals surface area contributed by atoms with Crippen LogP contribution in [0.5, 0.6) is 0 Å². The molecule has 0 spiro atoms. The number of hydrogen-bond acceptors (Lipinski definition) is 6. The molecular weight excluding hydrogens is 340 g/mol. The molecular formula is C9H15BrN4O4S. The smallest absolute Gasteiger partial charge is 0.307 e. The van der Waals surface area contributed by atoms with Gasteiger partial charge in [0.05, 0.1) is 13.0 Å². The highest BCUT2D eigenvalue weighted by Gasteiger charge is 2.28. The highest BCUT2D eigenvalue weighted by Crippen LogP contribution is 2.21. The summed E-state index contributed by atoms with van der Waals surface area (Å²) in [7, 11) is -0.892. The summed E-state index contributed by atoms with van der Waals surface area (Å²) >= 11 is 3.03. The number of ether oxygens (including phenoxy) is 1. The van der Waals surface area contributed by atoms with E-state index in [2.05, 4.69) is 26.2 Å². The van der Waals surface area contributed by atoms with E-state index in [1.165, 1.54) is 14.1 Å². The third kappa shape index (κ3) is 3.74. The second-order valence-corrected chi connectivity index (χ2v) is 6.40. The monoisotopic (exact) mass is 354 g/mol. The Kier molecular flexibility index (Phi) is 5.44. The van der Waals surface area contributed by atoms with E-state index < -0.39 is 16.0 Å². The molecule has 108 valence electrons. The topological polar surface area (TPSA) is 94.4 Å². The van der Waals surface area contributed by atoms with Gasteiger partial charge in [-0.05, 0) is 22.9 Å². The van der Waals surface area contributed by atoms with Gasteiger partial charge in [0.25, 0.3) is 10.0 Å². The summed E-state index contributed by atoms with van der Waals surface area (Å²) in [5.41, 5.74) is 0. The lowest BCUT2D eigenvalue weighted by Gasteiger charge is -2.16. The summed E-state index contributed by atoms with van der Waals surface area (Å²) in [4.78, 5) is 11.2. The Labute approximate surface area is 119 Å². The zero-order valence-corrected chi connectivity index (χ0v) is 13.2. The number of aryl methyl sites for hydroxylation is 1. The van der Waals surface area contributed by atoms with Crippen molar-refractivity contribution in [2.75, 3.05) is 20.2 Å².